The van der Waals surface area contributed by atoms with Crippen LogP contribution in [0.3, 0.4) is 0 Å². The van der Waals surface area contributed by atoms with Gasteiger partial charge in [0.05, 0.1) is 20.6 Å². The summed E-state index contributed by atoms with van der Waals surface area (Å²) in [4.78, 5) is 2.45. The third-order valence-electron chi connectivity index (χ3n) is 2.27. The minimum Gasteiger partial charge on any atom is -0.201 e. The Labute approximate surface area is 119 Å². The lowest BCUT2D eigenvalue weighted by molar-refractivity contribution is 0.410. The summed E-state index contributed by atoms with van der Waals surface area (Å²) in [6.45, 7) is 0. The number of nitrogens with zero attached hydrogens (tertiary/aromatic N) is 1. The highest BCUT2D eigenvalue weighted by molar-refractivity contribution is 6.48. The average molecular weight is 330 g/mol. The average Bonchev–Trinajstić information content (AvgIpc) is 2.34. The summed E-state index contributed by atoms with van der Waals surface area (Å²) < 4.78 is 53.1. The summed E-state index contributed by atoms with van der Waals surface area (Å²) in [7, 11) is 0. The van der Waals surface area contributed by atoms with Crippen molar-refractivity contribution in [3.63, 3.8) is 0 Å². The van der Waals surface area contributed by atoms with Crippen LogP contribution in [0.5, 0.6) is 0 Å². The third kappa shape index (κ3) is 2.50. The Kier molecular flexibility index (Phi) is 3.90. The van der Waals surface area contributed by atoms with Crippen molar-refractivity contribution >= 4 is 34.8 Å². The number of halogens is 7. The molecule has 0 aliphatic heterocycles. The van der Waals surface area contributed by atoms with Crippen molar-refractivity contribution in [3.8, 4) is 11.1 Å². The molecule has 2 rings (SSSR count). The van der Waals surface area contributed by atoms with E-state index in [1.165, 1.54) is 0 Å². The van der Waals surface area contributed by atoms with E-state index in [4.69, 9.17) is 34.8 Å². The zero-order valence-electron chi connectivity index (χ0n) is 8.75. The van der Waals surface area contributed by atoms with Crippen molar-refractivity contribution in [1.29, 1.82) is 0 Å². The van der Waals surface area contributed by atoms with Crippen LogP contribution in [0.15, 0.2) is 12.1 Å². The monoisotopic (exact) mass is 329 g/mol. The number of hydrogen-bond donors (Lipinski definition) is 0. The predicted molar refractivity (Wildman–Crippen MR) is 64.5 cm³/mol. The molecule has 0 saturated carbocycles. The van der Waals surface area contributed by atoms with Crippen LogP contribution in [-0.4, -0.2) is 4.98 Å². The maximum atomic E-state index is 13.5. The summed E-state index contributed by atoms with van der Waals surface area (Å²) in [6.07, 6.45) is 0. The topological polar surface area (TPSA) is 12.9 Å². The highest BCUT2D eigenvalue weighted by Gasteiger charge is 2.23. The van der Waals surface area contributed by atoms with Crippen molar-refractivity contribution in [2.24, 2.45) is 0 Å². The van der Waals surface area contributed by atoms with Crippen LogP contribution in [0.1, 0.15) is 0 Å². The Morgan fingerprint density at radius 1 is 0.789 bits per heavy atom. The molecule has 0 bridgehead atoms. The largest absolute Gasteiger partial charge is 0.252 e. The van der Waals surface area contributed by atoms with Crippen molar-refractivity contribution in [2.75, 3.05) is 0 Å². The number of aromatic nitrogens is 1. The van der Waals surface area contributed by atoms with Gasteiger partial charge in [0.25, 0.3) is 11.9 Å². The summed E-state index contributed by atoms with van der Waals surface area (Å²) >= 11 is 17.0. The molecule has 19 heavy (non-hydrogen) atoms. The predicted octanol–water partition coefficient (Wildman–Crippen LogP) is 5.27. The summed E-state index contributed by atoms with van der Waals surface area (Å²) in [6, 6.07) is 2.08. The molecule has 1 aromatic carbocycles. The molecule has 100 valence electrons. The van der Waals surface area contributed by atoms with E-state index in [0.29, 0.717) is 0 Å². The van der Waals surface area contributed by atoms with Gasteiger partial charge in [-0.3, -0.25) is 0 Å². The smallest absolute Gasteiger partial charge is 0.201 e. The van der Waals surface area contributed by atoms with Gasteiger partial charge in [0.2, 0.25) is 0 Å². The highest BCUT2D eigenvalue weighted by Crippen LogP contribution is 2.37. The first-order valence-electron chi connectivity index (χ1n) is 4.67. The van der Waals surface area contributed by atoms with E-state index in [1.807, 2.05) is 0 Å². The molecule has 8 heteroatoms. The molecule has 2 aromatic rings. The van der Waals surface area contributed by atoms with Crippen molar-refractivity contribution < 1.29 is 17.6 Å². The van der Waals surface area contributed by atoms with E-state index in [9.17, 15) is 17.6 Å². The van der Waals surface area contributed by atoms with E-state index in [1.54, 1.807) is 0 Å². The molecule has 0 fully saturated rings. The molecule has 0 spiro atoms. The maximum Gasteiger partial charge on any atom is 0.252 e. The van der Waals surface area contributed by atoms with Crippen LogP contribution >= 0.6 is 34.8 Å². The van der Waals surface area contributed by atoms with Gasteiger partial charge in [-0.15, -0.1) is 0 Å². The molecule has 1 aromatic heterocycles. The van der Waals surface area contributed by atoms with E-state index in [-0.39, 0.29) is 20.6 Å². The van der Waals surface area contributed by atoms with Crippen molar-refractivity contribution in [1.82, 2.24) is 4.98 Å². The molecule has 0 aliphatic carbocycles. The normalized spacial score (nSPS) is 10.9. The first-order valence-corrected chi connectivity index (χ1v) is 5.81. The minimum atomic E-state index is -1.77. The lowest BCUT2D eigenvalue weighted by atomic mass is 10.1. The second kappa shape index (κ2) is 5.15. The highest BCUT2D eigenvalue weighted by atomic mass is 35.5. The van der Waals surface area contributed by atoms with E-state index in [2.05, 4.69) is 4.98 Å². The molecule has 0 atom stereocenters. The quantitative estimate of drug-likeness (QED) is 0.394. The molecular formula is C11H2Cl3F4N. The van der Waals surface area contributed by atoms with Crippen molar-refractivity contribution in [2.45, 2.75) is 0 Å². The van der Waals surface area contributed by atoms with Gasteiger partial charge in [0.1, 0.15) is 0 Å². The fourth-order valence-electron chi connectivity index (χ4n) is 1.44. The summed E-state index contributed by atoms with van der Waals surface area (Å²) in [5, 5.41) is -0.260. The van der Waals surface area contributed by atoms with E-state index >= 15 is 0 Å². The minimum absolute atomic E-state index is 0.0390. The molecule has 0 N–H and O–H groups in total. The number of benzene rings is 1. The van der Waals surface area contributed by atoms with Gasteiger partial charge in [0.15, 0.2) is 11.6 Å². The van der Waals surface area contributed by atoms with Gasteiger partial charge in [-0.05, 0) is 17.7 Å². The van der Waals surface area contributed by atoms with Gasteiger partial charge < -0.3 is 0 Å². The van der Waals surface area contributed by atoms with Gasteiger partial charge in [-0.2, -0.15) is 13.8 Å². The Bertz CT molecular complexity index is 626. The second-order valence-electron chi connectivity index (χ2n) is 3.45. The zero-order valence-corrected chi connectivity index (χ0v) is 11.0. The maximum absolute atomic E-state index is 13.5. The number of rotatable bonds is 1. The number of pyridine rings is 1. The molecule has 0 unspecified atom stereocenters. The first-order chi connectivity index (χ1) is 8.82. The molecule has 1 heterocycles. The summed E-state index contributed by atoms with van der Waals surface area (Å²) in [5.41, 5.74) is -1.21. The Morgan fingerprint density at radius 2 is 1.21 bits per heavy atom. The van der Waals surface area contributed by atoms with Gasteiger partial charge in [-0.25, -0.2) is 8.78 Å². The zero-order chi connectivity index (χ0) is 14.3. The van der Waals surface area contributed by atoms with Crippen LogP contribution in [0.4, 0.5) is 17.6 Å². The second-order valence-corrected chi connectivity index (χ2v) is 4.64. The molecular weight excluding hydrogens is 328 g/mol. The van der Waals surface area contributed by atoms with Crippen molar-refractivity contribution in [3.05, 3.63) is 50.7 Å². The van der Waals surface area contributed by atoms with Crippen LogP contribution in [0.25, 0.3) is 11.1 Å². The summed E-state index contributed by atoms with van der Waals surface area (Å²) in [5.74, 6) is -6.83. The molecule has 0 radical (unpaired) electrons. The Morgan fingerprint density at radius 3 is 1.63 bits per heavy atom. The Balaban J connectivity index is 2.79. The fraction of sp³-hybridized carbons (Fsp3) is 0. The lowest BCUT2D eigenvalue weighted by Crippen LogP contribution is -2.03. The SMILES string of the molecule is Fc1nc(F)c(F)c(-c2cc(Cl)c(Cl)c(Cl)c2)c1F. The van der Waals surface area contributed by atoms with Crippen LogP contribution in [0.2, 0.25) is 15.1 Å². The van der Waals surface area contributed by atoms with E-state index < -0.39 is 29.1 Å². The van der Waals surface area contributed by atoms with Crippen LogP contribution in [-0.2, 0) is 0 Å². The van der Waals surface area contributed by atoms with Gasteiger partial charge in [0, 0.05) is 0 Å². The van der Waals surface area contributed by atoms with Crippen LogP contribution < -0.4 is 0 Å². The van der Waals surface area contributed by atoms with Gasteiger partial charge >= 0.3 is 0 Å². The number of hydrogen-bond acceptors (Lipinski definition) is 1. The lowest BCUT2D eigenvalue weighted by Gasteiger charge is -2.08. The Hall–Kier alpha value is -1.04. The van der Waals surface area contributed by atoms with Crippen LogP contribution in [0, 0.1) is 23.5 Å². The first kappa shape index (κ1) is 14.4. The standard InChI is InChI=1S/C11H2Cl3F4N/c12-4-1-3(2-5(13)7(4)14)6-8(15)10(17)19-11(18)9(6)16/h1-2H. The molecule has 0 saturated heterocycles. The van der Waals surface area contributed by atoms with E-state index in [0.717, 1.165) is 12.1 Å². The third-order valence-corrected chi connectivity index (χ3v) is 3.47. The molecule has 1 nitrogen and oxygen atoms in total. The molecule has 0 aliphatic rings. The fourth-order valence-corrected chi connectivity index (χ4v) is 2.04. The molecule has 0 amide bonds. The van der Waals surface area contributed by atoms with Gasteiger partial charge in [-0.1, -0.05) is 34.8 Å².